The standard InChI is InChI=1S/C8H10.C4H4S.CH4O/c1-2-8-6-4-3-5-7-8;1-2-4-5-3-1;1-2/h3-7H,2H2,1H3;1-4H;2H,1H3. The molecule has 0 saturated heterocycles. The lowest BCUT2D eigenvalue weighted by atomic mass is 10.2. The van der Waals surface area contributed by atoms with E-state index >= 15 is 0 Å². The number of aliphatic hydroxyl groups excluding tert-OH is 1. The molecule has 1 aromatic heterocycles. The quantitative estimate of drug-likeness (QED) is 0.781. The third kappa shape index (κ3) is 7.91. The highest BCUT2D eigenvalue weighted by atomic mass is 32.1. The Morgan fingerprint density at radius 3 is 1.73 bits per heavy atom. The van der Waals surface area contributed by atoms with Crippen molar-refractivity contribution in [1.29, 1.82) is 0 Å². The number of hydrogen-bond donors (Lipinski definition) is 1. The van der Waals surface area contributed by atoms with Crippen molar-refractivity contribution < 1.29 is 5.11 Å². The van der Waals surface area contributed by atoms with Crippen LogP contribution in [0.4, 0.5) is 0 Å². The van der Waals surface area contributed by atoms with E-state index in [2.05, 4.69) is 31.2 Å². The van der Waals surface area contributed by atoms with Gasteiger partial charge in [0.1, 0.15) is 0 Å². The molecule has 1 N–H and O–H groups in total. The molecule has 0 aliphatic carbocycles. The topological polar surface area (TPSA) is 20.2 Å². The molecule has 0 radical (unpaired) electrons. The van der Waals surface area contributed by atoms with Crippen LogP contribution in [0, 0.1) is 0 Å². The van der Waals surface area contributed by atoms with Gasteiger partial charge in [0.25, 0.3) is 0 Å². The molecule has 2 heteroatoms. The van der Waals surface area contributed by atoms with Crippen molar-refractivity contribution in [3.05, 3.63) is 58.8 Å². The number of aliphatic hydroxyl groups is 1. The highest BCUT2D eigenvalue weighted by Crippen LogP contribution is 1.96. The summed E-state index contributed by atoms with van der Waals surface area (Å²) < 4.78 is 0. The fourth-order valence-electron chi connectivity index (χ4n) is 0.941. The van der Waals surface area contributed by atoms with Gasteiger partial charge in [0, 0.05) is 7.11 Å². The van der Waals surface area contributed by atoms with Crippen molar-refractivity contribution >= 4 is 11.3 Å². The van der Waals surface area contributed by atoms with Crippen LogP contribution in [0.5, 0.6) is 0 Å². The van der Waals surface area contributed by atoms with E-state index in [-0.39, 0.29) is 0 Å². The Hall–Kier alpha value is -1.12. The fraction of sp³-hybridized carbons (Fsp3) is 0.231. The van der Waals surface area contributed by atoms with Crippen molar-refractivity contribution in [3.63, 3.8) is 0 Å². The summed E-state index contributed by atoms with van der Waals surface area (Å²) in [4.78, 5) is 0. The fourth-order valence-corrected chi connectivity index (χ4v) is 1.39. The second-order valence-electron chi connectivity index (χ2n) is 2.63. The highest BCUT2D eigenvalue weighted by molar-refractivity contribution is 7.07. The summed E-state index contributed by atoms with van der Waals surface area (Å²) in [5.41, 5.74) is 1.41. The Balaban J connectivity index is 0.000000241. The molecule has 2 aromatic rings. The van der Waals surface area contributed by atoms with Crippen LogP contribution in [0.25, 0.3) is 0 Å². The molecular formula is C13H18OS. The minimum absolute atomic E-state index is 1.00. The molecule has 0 fully saturated rings. The van der Waals surface area contributed by atoms with Crippen molar-refractivity contribution in [2.24, 2.45) is 0 Å². The van der Waals surface area contributed by atoms with Crippen LogP contribution in [0.2, 0.25) is 0 Å². The molecule has 1 nitrogen and oxygen atoms in total. The second-order valence-corrected chi connectivity index (χ2v) is 3.45. The second kappa shape index (κ2) is 11.0. The Labute approximate surface area is 96.0 Å². The van der Waals surface area contributed by atoms with Crippen molar-refractivity contribution in [2.75, 3.05) is 7.11 Å². The number of thiophene rings is 1. The molecule has 0 unspecified atom stereocenters. The molecule has 0 aliphatic rings. The molecule has 1 heterocycles. The lowest BCUT2D eigenvalue weighted by Crippen LogP contribution is -1.73. The van der Waals surface area contributed by atoms with Crippen molar-refractivity contribution in [3.8, 4) is 0 Å². The van der Waals surface area contributed by atoms with Gasteiger partial charge in [-0.2, -0.15) is 11.3 Å². The largest absolute Gasteiger partial charge is 0.400 e. The Morgan fingerprint density at radius 2 is 1.47 bits per heavy atom. The maximum atomic E-state index is 7.00. The average Bonchev–Trinajstić information content (AvgIpc) is 2.92. The molecule has 0 aliphatic heterocycles. The number of benzene rings is 1. The first-order valence-electron chi connectivity index (χ1n) is 4.89. The Bertz CT molecular complexity index is 272. The summed E-state index contributed by atoms with van der Waals surface area (Å²) in [5.74, 6) is 0. The van der Waals surface area contributed by atoms with Gasteiger partial charge < -0.3 is 5.11 Å². The van der Waals surface area contributed by atoms with E-state index in [1.54, 1.807) is 11.3 Å². The lowest BCUT2D eigenvalue weighted by Gasteiger charge is -1.89. The van der Waals surface area contributed by atoms with Crippen LogP contribution >= 0.6 is 11.3 Å². The van der Waals surface area contributed by atoms with Crippen molar-refractivity contribution in [2.45, 2.75) is 13.3 Å². The smallest absolute Gasteiger partial charge is 0.0319 e. The van der Waals surface area contributed by atoms with Crippen molar-refractivity contribution in [1.82, 2.24) is 0 Å². The minimum Gasteiger partial charge on any atom is -0.400 e. The van der Waals surface area contributed by atoms with E-state index in [1.165, 1.54) is 5.56 Å². The number of hydrogen-bond acceptors (Lipinski definition) is 2. The van der Waals surface area contributed by atoms with Gasteiger partial charge >= 0.3 is 0 Å². The molecule has 0 atom stereocenters. The van der Waals surface area contributed by atoms with Gasteiger partial charge in [-0.1, -0.05) is 49.4 Å². The predicted octanol–water partition coefficient (Wildman–Crippen LogP) is 3.61. The van der Waals surface area contributed by atoms with Gasteiger partial charge in [0.15, 0.2) is 0 Å². The van der Waals surface area contributed by atoms with Crippen LogP contribution < -0.4 is 0 Å². The van der Waals surface area contributed by atoms with E-state index in [1.807, 2.05) is 29.0 Å². The summed E-state index contributed by atoms with van der Waals surface area (Å²) in [6, 6.07) is 14.5. The Morgan fingerprint density at radius 1 is 0.933 bits per heavy atom. The van der Waals surface area contributed by atoms with Crippen LogP contribution in [0.15, 0.2) is 53.2 Å². The first-order chi connectivity index (χ1) is 7.43. The maximum absolute atomic E-state index is 7.00. The Kier molecular flexibility index (Phi) is 10.1. The normalized spacial score (nSPS) is 7.93. The van der Waals surface area contributed by atoms with Crippen LogP contribution in [0.3, 0.4) is 0 Å². The molecule has 0 amide bonds. The lowest BCUT2D eigenvalue weighted by molar-refractivity contribution is 0.399. The predicted molar refractivity (Wildman–Crippen MR) is 68.3 cm³/mol. The monoisotopic (exact) mass is 222 g/mol. The zero-order chi connectivity index (χ0) is 11.4. The molecule has 0 saturated carbocycles. The average molecular weight is 222 g/mol. The van der Waals surface area contributed by atoms with Gasteiger partial charge in [0.2, 0.25) is 0 Å². The first kappa shape index (κ1) is 13.9. The van der Waals surface area contributed by atoms with E-state index in [4.69, 9.17) is 5.11 Å². The molecule has 82 valence electrons. The van der Waals surface area contributed by atoms with Crippen LogP contribution in [-0.4, -0.2) is 12.2 Å². The summed E-state index contributed by atoms with van der Waals surface area (Å²) in [6.07, 6.45) is 1.14. The maximum Gasteiger partial charge on any atom is 0.0319 e. The van der Waals surface area contributed by atoms with E-state index in [0.29, 0.717) is 0 Å². The molecule has 15 heavy (non-hydrogen) atoms. The SMILES string of the molecule is CCc1ccccc1.CO.c1ccsc1. The third-order valence-corrected chi connectivity index (χ3v) is 2.30. The summed E-state index contributed by atoms with van der Waals surface area (Å²) in [7, 11) is 1.00. The third-order valence-electron chi connectivity index (χ3n) is 1.68. The van der Waals surface area contributed by atoms with E-state index in [0.717, 1.165) is 13.5 Å². The van der Waals surface area contributed by atoms with E-state index < -0.39 is 0 Å². The van der Waals surface area contributed by atoms with Gasteiger partial charge in [-0.05, 0) is 22.7 Å². The zero-order valence-corrected chi connectivity index (χ0v) is 10.1. The van der Waals surface area contributed by atoms with Gasteiger partial charge in [-0.3, -0.25) is 0 Å². The minimum atomic E-state index is 1.00. The molecular weight excluding hydrogens is 204 g/mol. The van der Waals surface area contributed by atoms with Crippen LogP contribution in [-0.2, 0) is 6.42 Å². The van der Waals surface area contributed by atoms with Gasteiger partial charge in [-0.25, -0.2) is 0 Å². The summed E-state index contributed by atoms with van der Waals surface area (Å²) in [5, 5.41) is 11.1. The van der Waals surface area contributed by atoms with E-state index in [9.17, 15) is 0 Å². The molecule has 1 aromatic carbocycles. The van der Waals surface area contributed by atoms with Gasteiger partial charge in [0.05, 0.1) is 0 Å². The first-order valence-corrected chi connectivity index (χ1v) is 5.83. The number of rotatable bonds is 1. The number of aryl methyl sites for hydroxylation is 1. The highest BCUT2D eigenvalue weighted by Gasteiger charge is 1.79. The van der Waals surface area contributed by atoms with Gasteiger partial charge in [-0.15, -0.1) is 0 Å². The van der Waals surface area contributed by atoms with Crippen LogP contribution in [0.1, 0.15) is 12.5 Å². The summed E-state index contributed by atoms with van der Waals surface area (Å²) >= 11 is 1.71. The molecule has 2 rings (SSSR count). The zero-order valence-electron chi connectivity index (χ0n) is 9.26. The summed E-state index contributed by atoms with van der Waals surface area (Å²) in [6.45, 7) is 2.16. The molecule has 0 bridgehead atoms. The molecule has 0 spiro atoms.